The van der Waals surface area contributed by atoms with Crippen LogP contribution in [0.25, 0.3) is 0 Å². The number of nitrogens with one attached hydrogen (secondary N) is 1. The Bertz CT molecular complexity index is 770. The standard InChI is InChI=1S/C20H23NO5/c1-13(20(23)24)14-4-7-16(8-5-14)21-19(22)11-6-15-12-17(25-2)9-10-18(15)26-3/h4-5,7-10,12-13H,6,11H2,1-3H3,(H,21,22)(H,23,24). The number of carbonyl (C=O) groups is 2. The van der Waals surface area contributed by atoms with Crippen molar-refractivity contribution in [2.24, 2.45) is 0 Å². The number of hydrogen-bond donors (Lipinski definition) is 2. The predicted molar refractivity (Wildman–Crippen MR) is 99.0 cm³/mol. The second-order valence-corrected chi connectivity index (χ2v) is 5.91. The second kappa shape index (κ2) is 8.89. The Balaban J connectivity index is 1.96. The summed E-state index contributed by atoms with van der Waals surface area (Å²) in [6.45, 7) is 1.62. The number of anilines is 1. The van der Waals surface area contributed by atoms with Gasteiger partial charge in [-0.25, -0.2) is 0 Å². The molecule has 26 heavy (non-hydrogen) atoms. The molecule has 0 radical (unpaired) electrons. The molecular formula is C20H23NO5. The molecule has 0 fully saturated rings. The van der Waals surface area contributed by atoms with Gasteiger partial charge in [0.05, 0.1) is 20.1 Å². The maximum Gasteiger partial charge on any atom is 0.310 e. The number of hydrogen-bond acceptors (Lipinski definition) is 4. The van der Waals surface area contributed by atoms with Gasteiger partial charge in [0.1, 0.15) is 11.5 Å². The number of benzene rings is 2. The van der Waals surface area contributed by atoms with E-state index in [0.29, 0.717) is 29.2 Å². The van der Waals surface area contributed by atoms with Crippen molar-refractivity contribution in [3.8, 4) is 11.5 Å². The molecule has 1 atom stereocenters. The summed E-state index contributed by atoms with van der Waals surface area (Å²) in [5.74, 6) is -0.168. The number of amides is 1. The van der Waals surface area contributed by atoms with Gasteiger partial charge in [-0.3, -0.25) is 9.59 Å². The van der Waals surface area contributed by atoms with Gasteiger partial charge in [-0.05, 0) is 54.8 Å². The molecule has 6 heteroatoms. The maximum atomic E-state index is 12.2. The maximum absolute atomic E-state index is 12.2. The number of aryl methyl sites for hydroxylation is 1. The van der Waals surface area contributed by atoms with Gasteiger partial charge in [-0.15, -0.1) is 0 Å². The van der Waals surface area contributed by atoms with Gasteiger partial charge in [-0.2, -0.15) is 0 Å². The van der Waals surface area contributed by atoms with Crippen LogP contribution in [0.2, 0.25) is 0 Å². The van der Waals surface area contributed by atoms with Gasteiger partial charge < -0.3 is 19.9 Å². The Hall–Kier alpha value is -3.02. The first-order valence-electron chi connectivity index (χ1n) is 8.28. The fraction of sp³-hybridized carbons (Fsp3) is 0.300. The van der Waals surface area contributed by atoms with Crippen molar-refractivity contribution in [1.29, 1.82) is 0 Å². The molecule has 2 N–H and O–H groups in total. The lowest BCUT2D eigenvalue weighted by Gasteiger charge is -2.11. The second-order valence-electron chi connectivity index (χ2n) is 5.91. The lowest BCUT2D eigenvalue weighted by Crippen LogP contribution is -2.13. The molecule has 0 aliphatic carbocycles. The number of aliphatic carboxylic acids is 1. The van der Waals surface area contributed by atoms with E-state index >= 15 is 0 Å². The van der Waals surface area contributed by atoms with E-state index < -0.39 is 11.9 Å². The Morgan fingerprint density at radius 2 is 1.77 bits per heavy atom. The van der Waals surface area contributed by atoms with Gasteiger partial charge >= 0.3 is 5.97 Å². The minimum Gasteiger partial charge on any atom is -0.497 e. The van der Waals surface area contributed by atoms with Crippen LogP contribution >= 0.6 is 0 Å². The molecule has 2 rings (SSSR count). The summed E-state index contributed by atoms with van der Waals surface area (Å²) >= 11 is 0. The van der Waals surface area contributed by atoms with Gasteiger partial charge in [-0.1, -0.05) is 12.1 Å². The van der Waals surface area contributed by atoms with Crippen LogP contribution in [0.3, 0.4) is 0 Å². The summed E-state index contributed by atoms with van der Waals surface area (Å²) in [7, 11) is 3.18. The van der Waals surface area contributed by atoms with Crippen molar-refractivity contribution in [3.05, 3.63) is 53.6 Å². The number of carboxylic acids is 1. The van der Waals surface area contributed by atoms with Crippen molar-refractivity contribution < 1.29 is 24.2 Å². The van der Waals surface area contributed by atoms with Crippen molar-refractivity contribution in [2.75, 3.05) is 19.5 Å². The highest BCUT2D eigenvalue weighted by Gasteiger charge is 2.13. The highest BCUT2D eigenvalue weighted by atomic mass is 16.5. The van der Waals surface area contributed by atoms with Crippen molar-refractivity contribution >= 4 is 17.6 Å². The van der Waals surface area contributed by atoms with Gasteiger partial charge in [0.2, 0.25) is 5.91 Å². The summed E-state index contributed by atoms with van der Waals surface area (Å²) in [5.41, 5.74) is 2.22. The molecule has 0 aliphatic rings. The molecule has 0 bridgehead atoms. The van der Waals surface area contributed by atoms with Gasteiger partial charge in [0.25, 0.3) is 0 Å². The summed E-state index contributed by atoms with van der Waals surface area (Å²) in [5, 5.41) is 11.8. The predicted octanol–water partition coefficient (Wildman–Crippen LogP) is 3.46. The lowest BCUT2D eigenvalue weighted by molar-refractivity contribution is -0.138. The molecule has 2 aromatic carbocycles. The SMILES string of the molecule is COc1ccc(OC)c(CCC(=O)Nc2ccc(C(C)C(=O)O)cc2)c1. The highest BCUT2D eigenvalue weighted by Crippen LogP contribution is 2.25. The number of methoxy groups -OCH3 is 2. The normalized spacial score (nSPS) is 11.5. The van der Waals surface area contributed by atoms with Crippen LogP contribution in [-0.2, 0) is 16.0 Å². The van der Waals surface area contributed by atoms with Crippen molar-refractivity contribution in [3.63, 3.8) is 0 Å². The average Bonchev–Trinajstić information content (AvgIpc) is 2.66. The molecule has 0 saturated carbocycles. The Morgan fingerprint density at radius 3 is 2.35 bits per heavy atom. The van der Waals surface area contributed by atoms with Crippen LogP contribution in [-0.4, -0.2) is 31.2 Å². The van der Waals surface area contributed by atoms with E-state index in [-0.39, 0.29) is 12.3 Å². The molecule has 0 heterocycles. The Kier molecular flexibility index (Phi) is 6.60. The third-order valence-electron chi connectivity index (χ3n) is 4.17. The average molecular weight is 357 g/mol. The zero-order valence-corrected chi connectivity index (χ0v) is 15.1. The lowest BCUT2D eigenvalue weighted by atomic mass is 10.0. The summed E-state index contributed by atoms with van der Waals surface area (Å²) in [6, 6.07) is 12.3. The molecular weight excluding hydrogens is 334 g/mol. The first-order chi connectivity index (χ1) is 12.4. The van der Waals surface area contributed by atoms with Crippen LogP contribution in [0.5, 0.6) is 11.5 Å². The van der Waals surface area contributed by atoms with E-state index in [1.807, 2.05) is 18.2 Å². The van der Waals surface area contributed by atoms with Crippen molar-refractivity contribution in [2.45, 2.75) is 25.7 Å². The zero-order valence-electron chi connectivity index (χ0n) is 15.1. The fourth-order valence-corrected chi connectivity index (χ4v) is 2.55. The molecule has 0 aromatic heterocycles. The molecule has 1 amide bonds. The van der Waals surface area contributed by atoms with E-state index in [0.717, 1.165) is 5.56 Å². The van der Waals surface area contributed by atoms with E-state index in [1.165, 1.54) is 0 Å². The first-order valence-corrected chi connectivity index (χ1v) is 8.28. The summed E-state index contributed by atoms with van der Waals surface area (Å²) < 4.78 is 10.5. The van der Waals surface area contributed by atoms with Gasteiger partial charge in [0, 0.05) is 12.1 Å². The molecule has 0 saturated heterocycles. The third-order valence-corrected chi connectivity index (χ3v) is 4.17. The van der Waals surface area contributed by atoms with Crippen LogP contribution in [0, 0.1) is 0 Å². The van der Waals surface area contributed by atoms with Crippen molar-refractivity contribution in [1.82, 2.24) is 0 Å². The minimum absolute atomic E-state index is 0.131. The first kappa shape index (κ1) is 19.3. The van der Waals surface area contributed by atoms with E-state index in [2.05, 4.69) is 5.32 Å². The monoisotopic (exact) mass is 357 g/mol. The Labute approximate surface area is 152 Å². The smallest absolute Gasteiger partial charge is 0.310 e. The quantitative estimate of drug-likeness (QED) is 0.756. The molecule has 1 unspecified atom stereocenters. The summed E-state index contributed by atoms with van der Waals surface area (Å²) in [4.78, 5) is 23.2. The van der Waals surface area contributed by atoms with E-state index in [9.17, 15) is 9.59 Å². The number of ether oxygens (including phenoxy) is 2. The largest absolute Gasteiger partial charge is 0.497 e. The van der Waals surface area contributed by atoms with Crippen LogP contribution in [0.4, 0.5) is 5.69 Å². The Morgan fingerprint density at radius 1 is 1.08 bits per heavy atom. The molecule has 0 aliphatic heterocycles. The minimum atomic E-state index is -0.881. The highest BCUT2D eigenvalue weighted by molar-refractivity contribution is 5.91. The zero-order chi connectivity index (χ0) is 19.1. The van der Waals surface area contributed by atoms with Gasteiger partial charge in [0.15, 0.2) is 0 Å². The van der Waals surface area contributed by atoms with E-state index in [1.54, 1.807) is 45.4 Å². The molecule has 0 spiro atoms. The number of rotatable bonds is 8. The molecule has 138 valence electrons. The number of carboxylic acid groups (broad SMARTS) is 1. The van der Waals surface area contributed by atoms with E-state index in [4.69, 9.17) is 14.6 Å². The van der Waals surface area contributed by atoms with Crippen LogP contribution in [0.15, 0.2) is 42.5 Å². The van der Waals surface area contributed by atoms with Crippen LogP contribution < -0.4 is 14.8 Å². The molecule has 6 nitrogen and oxygen atoms in total. The fourth-order valence-electron chi connectivity index (χ4n) is 2.55. The third kappa shape index (κ3) is 4.99. The summed E-state index contributed by atoms with van der Waals surface area (Å²) in [6.07, 6.45) is 0.803. The topological polar surface area (TPSA) is 84.9 Å². The van der Waals surface area contributed by atoms with Crippen LogP contribution in [0.1, 0.15) is 30.4 Å². The number of carbonyl (C=O) groups excluding carboxylic acids is 1. The molecule has 2 aromatic rings.